The van der Waals surface area contributed by atoms with Crippen molar-refractivity contribution in [2.75, 3.05) is 20.1 Å². The molecular formula is C18H29FN2. The quantitative estimate of drug-likeness (QED) is 0.779. The molecule has 0 spiro atoms. The molecule has 1 fully saturated rings. The SMILES string of the molecule is CCC(C)(CNC1CC1)CN(C)C(C)c1ccccc1F. The fourth-order valence-electron chi connectivity index (χ4n) is 2.76. The molecule has 1 aliphatic rings. The fourth-order valence-corrected chi connectivity index (χ4v) is 2.76. The van der Waals surface area contributed by atoms with Gasteiger partial charge in [0, 0.05) is 30.7 Å². The minimum atomic E-state index is -0.105. The van der Waals surface area contributed by atoms with E-state index in [1.165, 1.54) is 12.8 Å². The van der Waals surface area contributed by atoms with Crippen LogP contribution in [0.25, 0.3) is 0 Å². The molecule has 0 saturated heterocycles. The molecule has 2 unspecified atom stereocenters. The third kappa shape index (κ3) is 4.52. The van der Waals surface area contributed by atoms with Gasteiger partial charge in [0.25, 0.3) is 0 Å². The highest BCUT2D eigenvalue weighted by Gasteiger charge is 2.29. The lowest BCUT2D eigenvalue weighted by molar-refractivity contribution is 0.145. The van der Waals surface area contributed by atoms with Gasteiger partial charge in [-0.2, -0.15) is 0 Å². The van der Waals surface area contributed by atoms with Crippen LogP contribution >= 0.6 is 0 Å². The number of hydrogen-bond acceptors (Lipinski definition) is 2. The van der Waals surface area contributed by atoms with Crippen molar-refractivity contribution in [3.8, 4) is 0 Å². The standard InChI is InChI=1S/C18H29FN2/c1-5-18(3,12-20-15-10-11-15)13-21(4)14(2)16-8-6-7-9-17(16)19/h6-9,14-15,20H,5,10-13H2,1-4H3. The second-order valence-electron chi connectivity index (χ2n) is 6.93. The lowest BCUT2D eigenvalue weighted by Crippen LogP contribution is -2.42. The van der Waals surface area contributed by atoms with Gasteiger partial charge in [0.15, 0.2) is 0 Å². The van der Waals surface area contributed by atoms with E-state index < -0.39 is 0 Å². The molecule has 0 aliphatic heterocycles. The summed E-state index contributed by atoms with van der Waals surface area (Å²) in [5.74, 6) is -0.105. The molecule has 1 aliphatic carbocycles. The van der Waals surface area contributed by atoms with Gasteiger partial charge in [-0.25, -0.2) is 4.39 Å². The van der Waals surface area contributed by atoms with Crippen LogP contribution in [0.3, 0.4) is 0 Å². The van der Waals surface area contributed by atoms with Crippen molar-refractivity contribution in [1.29, 1.82) is 0 Å². The maximum atomic E-state index is 13.9. The molecule has 21 heavy (non-hydrogen) atoms. The fraction of sp³-hybridized carbons (Fsp3) is 0.667. The summed E-state index contributed by atoms with van der Waals surface area (Å²) < 4.78 is 13.9. The Kier molecular flexibility index (Phi) is 5.39. The van der Waals surface area contributed by atoms with Crippen LogP contribution in [0, 0.1) is 11.2 Å². The summed E-state index contributed by atoms with van der Waals surface area (Å²) in [5, 5.41) is 3.64. The molecule has 1 saturated carbocycles. The predicted octanol–water partition coefficient (Wildman–Crippen LogP) is 3.99. The van der Waals surface area contributed by atoms with E-state index in [1.807, 2.05) is 12.1 Å². The van der Waals surface area contributed by atoms with Crippen molar-refractivity contribution in [1.82, 2.24) is 10.2 Å². The highest BCUT2D eigenvalue weighted by molar-refractivity contribution is 5.20. The van der Waals surface area contributed by atoms with Gasteiger partial charge in [-0.3, -0.25) is 4.90 Å². The van der Waals surface area contributed by atoms with Gasteiger partial charge in [0.2, 0.25) is 0 Å². The summed E-state index contributed by atoms with van der Waals surface area (Å²) in [6, 6.07) is 7.94. The second-order valence-corrected chi connectivity index (χ2v) is 6.93. The highest BCUT2D eigenvalue weighted by atomic mass is 19.1. The van der Waals surface area contributed by atoms with E-state index in [0.29, 0.717) is 0 Å². The molecule has 1 N–H and O–H groups in total. The van der Waals surface area contributed by atoms with Crippen molar-refractivity contribution < 1.29 is 4.39 Å². The molecular weight excluding hydrogens is 263 g/mol. The Bertz CT molecular complexity index is 458. The smallest absolute Gasteiger partial charge is 0.127 e. The van der Waals surface area contributed by atoms with Crippen molar-refractivity contribution in [2.45, 2.75) is 52.1 Å². The van der Waals surface area contributed by atoms with E-state index in [-0.39, 0.29) is 17.3 Å². The highest BCUT2D eigenvalue weighted by Crippen LogP contribution is 2.29. The molecule has 2 rings (SSSR count). The van der Waals surface area contributed by atoms with E-state index in [9.17, 15) is 4.39 Å². The number of hydrogen-bond donors (Lipinski definition) is 1. The first kappa shape index (κ1) is 16.4. The van der Waals surface area contributed by atoms with Gasteiger partial charge in [0.1, 0.15) is 5.82 Å². The lowest BCUT2D eigenvalue weighted by atomic mass is 9.86. The first-order chi connectivity index (χ1) is 9.95. The number of nitrogens with zero attached hydrogens (tertiary/aromatic N) is 1. The van der Waals surface area contributed by atoms with Gasteiger partial charge in [-0.05, 0) is 44.7 Å². The van der Waals surface area contributed by atoms with Crippen LogP contribution in [0.1, 0.15) is 51.6 Å². The van der Waals surface area contributed by atoms with Crippen LogP contribution < -0.4 is 5.32 Å². The third-order valence-electron chi connectivity index (χ3n) is 4.90. The molecule has 118 valence electrons. The van der Waals surface area contributed by atoms with Crippen molar-refractivity contribution in [3.63, 3.8) is 0 Å². The van der Waals surface area contributed by atoms with E-state index in [2.05, 4.69) is 38.0 Å². The van der Waals surface area contributed by atoms with Gasteiger partial charge >= 0.3 is 0 Å². The molecule has 1 aromatic rings. The van der Waals surface area contributed by atoms with E-state index in [0.717, 1.165) is 31.1 Å². The Hall–Kier alpha value is -0.930. The first-order valence-corrected chi connectivity index (χ1v) is 8.13. The van der Waals surface area contributed by atoms with Gasteiger partial charge < -0.3 is 5.32 Å². The first-order valence-electron chi connectivity index (χ1n) is 8.13. The van der Waals surface area contributed by atoms with E-state index in [4.69, 9.17) is 0 Å². The minimum Gasteiger partial charge on any atom is -0.313 e. The third-order valence-corrected chi connectivity index (χ3v) is 4.90. The summed E-state index contributed by atoms with van der Waals surface area (Å²) in [4.78, 5) is 2.27. The van der Waals surface area contributed by atoms with Crippen LogP contribution in [0.2, 0.25) is 0 Å². The lowest BCUT2D eigenvalue weighted by Gasteiger charge is -2.36. The average molecular weight is 292 g/mol. The molecule has 0 aromatic heterocycles. The Balaban J connectivity index is 1.97. The number of halogens is 1. The molecule has 0 heterocycles. The molecule has 1 aromatic carbocycles. The normalized spacial score (nSPS) is 19.5. The van der Waals surface area contributed by atoms with E-state index in [1.54, 1.807) is 12.1 Å². The molecule has 0 bridgehead atoms. The van der Waals surface area contributed by atoms with Crippen molar-refractivity contribution >= 4 is 0 Å². The number of nitrogens with one attached hydrogen (secondary N) is 1. The van der Waals surface area contributed by atoms with Gasteiger partial charge in [-0.1, -0.05) is 32.0 Å². The van der Waals surface area contributed by atoms with Crippen molar-refractivity contribution in [3.05, 3.63) is 35.6 Å². The van der Waals surface area contributed by atoms with Crippen LogP contribution in [0.15, 0.2) is 24.3 Å². The zero-order valence-electron chi connectivity index (χ0n) is 13.8. The number of rotatable bonds is 8. The maximum absolute atomic E-state index is 13.9. The summed E-state index contributed by atoms with van der Waals surface area (Å²) in [6.07, 6.45) is 3.77. The minimum absolute atomic E-state index is 0.0954. The predicted molar refractivity (Wildman–Crippen MR) is 86.9 cm³/mol. The topological polar surface area (TPSA) is 15.3 Å². The molecule has 0 amide bonds. The van der Waals surface area contributed by atoms with Crippen LogP contribution in [0.4, 0.5) is 4.39 Å². The molecule has 0 radical (unpaired) electrons. The average Bonchev–Trinajstić information content (AvgIpc) is 3.29. The maximum Gasteiger partial charge on any atom is 0.127 e. The van der Waals surface area contributed by atoms with Gasteiger partial charge in [-0.15, -0.1) is 0 Å². The van der Waals surface area contributed by atoms with Crippen LogP contribution in [0.5, 0.6) is 0 Å². The van der Waals surface area contributed by atoms with Crippen LogP contribution in [-0.2, 0) is 0 Å². The van der Waals surface area contributed by atoms with Gasteiger partial charge in [0.05, 0.1) is 0 Å². The largest absolute Gasteiger partial charge is 0.313 e. The number of benzene rings is 1. The molecule has 3 heteroatoms. The van der Waals surface area contributed by atoms with Crippen LogP contribution in [-0.4, -0.2) is 31.1 Å². The molecule has 2 nitrogen and oxygen atoms in total. The monoisotopic (exact) mass is 292 g/mol. The molecule has 2 atom stereocenters. The van der Waals surface area contributed by atoms with E-state index >= 15 is 0 Å². The zero-order chi connectivity index (χ0) is 15.5. The summed E-state index contributed by atoms with van der Waals surface area (Å²) in [6.45, 7) is 8.67. The Morgan fingerprint density at radius 1 is 1.38 bits per heavy atom. The second kappa shape index (κ2) is 6.89. The zero-order valence-corrected chi connectivity index (χ0v) is 13.8. The van der Waals surface area contributed by atoms with Crippen molar-refractivity contribution in [2.24, 2.45) is 5.41 Å². The summed E-state index contributed by atoms with van der Waals surface area (Å²) in [7, 11) is 2.10. The Morgan fingerprint density at radius 2 is 2.05 bits per heavy atom. The Labute approximate surface area is 128 Å². The Morgan fingerprint density at radius 3 is 2.62 bits per heavy atom. The summed E-state index contributed by atoms with van der Waals surface area (Å²) in [5.41, 5.74) is 1.02. The summed E-state index contributed by atoms with van der Waals surface area (Å²) >= 11 is 0.